The highest BCUT2D eigenvalue weighted by atomic mass is 35.5. The second kappa shape index (κ2) is 13.2. The van der Waals surface area contributed by atoms with Crippen LogP contribution in [0.5, 0.6) is 0 Å². The molecule has 1 heterocycles. The molecular formula is C17H26ClN2O6S-. The van der Waals surface area contributed by atoms with Gasteiger partial charge in [0.15, 0.2) is 0 Å². The number of benzene rings is 1. The van der Waals surface area contributed by atoms with E-state index in [4.69, 9.17) is 26.7 Å². The predicted octanol–water partition coefficient (Wildman–Crippen LogP) is 1.42. The van der Waals surface area contributed by atoms with Crippen molar-refractivity contribution in [3.8, 4) is 0 Å². The molecule has 0 aromatic heterocycles. The lowest BCUT2D eigenvalue weighted by atomic mass is 9.93. The smallest absolute Gasteiger partial charge is 0.253 e. The van der Waals surface area contributed by atoms with Crippen molar-refractivity contribution in [1.82, 2.24) is 10.4 Å². The van der Waals surface area contributed by atoms with E-state index in [2.05, 4.69) is 0 Å². The van der Waals surface area contributed by atoms with E-state index in [1.54, 1.807) is 16.4 Å². The maximum Gasteiger partial charge on any atom is 0.253 e. The number of rotatable bonds is 7. The normalized spacial score (nSPS) is 15.8. The summed E-state index contributed by atoms with van der Waals surface area (Å²) in [5.41, 5.74) is 2.09. The largest absolute Gasteiger partial charge is 0.768 e. The lowest BCUT2D eigenvalue weighted by Gasteiger charge is -2.32. The summed E-state index contributed by atoms with van der Waals surface area (Å²) in [4.78, 5) is 14.2. The van der Waals surface area contributed by atoms with Gasteiger partial charge in [-0.15, -0.1) is 0 Å². The topological polar surface area (TPSA) is 122 Å². The molecule has 0 bridgehead atoms. The number of likely N-dealkylation sites (tertiary alicyclic amines) is 1. The molecule has 1 aromatic carbocycles. The maximum atomic E-state index is 12.5. The first-order valence-electron chi connectivity index (χ1n) is 8.62. The van der Waals surface area contributed by atoms with Gasteiger partial charge in [-0.2, -0.15) is 0 Å². The average Bonchev–Trinajstić information content (AvgIpc) is 2.66. The number of hydrogen-bond donors (Lipinski definition) is 3. The number of nitrogens with zero attached hydrogens (tertiary/aromatic N) is 1. The molecule has 1 unspecified atom stereocenters. The number of carbonyl (C=O) groups excluding carboxylic acids is 1. The van der Waals surface area contributed by atoms with Gasteiger partial charge in [0.2, 0.25) is 0 Å². The van der Waals surface area contributed by atoms with Crippen LogP contribution in [0.2, 0.25) is 5.02 Å². The zero-order chi connectivity index (χ0) is 20.2. The van der Waals surface area contributed by atoms with Crippen LogP contribution in [0.15, 0.2) is 23.1 Å². The van der Waals surface area contributed by atoms with Gasteiger partial charge in [0, 0.05) is 37.2 Å². The molecule has 8 nitrogen and oxygen atoms in total. The molecular weight excluding hydrogens is 396 g/mol. The first-order valence-corrected chi connectivity index (χ1v) is 10.1. The van der Waals surface area contributed by atoms with Gasteiger partial charge < -0.3 is 24.5 Å². The van der Waals surface area contributed by atoms with Crippen LogP contribution in [-0.2, 0) is 15.8 Å². The van der Waals surface area contributed by atoms with Crippen LogP contribution in [0.4, 0.5) is 0 Å². The van der Waals surface area contributed by atoms with Gasteiger partial charge >= 0.3 is 0 Å². The Morgan fingerprint density at radius 3 is 2.59 bits per heavy atom. The molecule has 1 fully saturated rings. The highest BCUT2D eigenvalue weighted by Crippen LogP contribution is 2.24. The van der Waals surface area contributed by atoms with Crippen LogP contribution in [0.25, 0.3) is 0 Å². The number of hydrogen-bond acceptors (Lipinski definition) is 7. The summed E-state index contributed by atoms with van der Waals surface area (Å²) >= 11 is 3.36. The Balaban J connectivity index is 0.00000114. The molecule has 0 radical (unpaired) electrons. The lowest BCUT2D eigenvalue weighted by molar-refractivity contribution is 0.0606. The van der Waals surface area contributed by atoms with E-state index >= 15 is 0 Å². The van der Waals surface area contributed by atoms with Crippen LogP contribution >= 0.6 is 11.6 Å². The van der Waals surface area contributed by atoms with Crippen LogP contribution in [0.3, 0.4) is 0 Å². The molecule has 1 amide bonds. The van der Waals surface area contributed by atoms with E-state index < -0.39 is 11.1 Å². The molecule has 27 heavy (non-hydrogen) atoms. The first kappa shape index (κ1) is 24.0. The van der Waals surface area contributed by atoms with Crippen molar-refractivity contribution in [2.75, 3.05) is 40.0 Å². The SMILES string of the molecule is CNO.O=C(c1ccc(Cl)c(S(=O)[O-])c1)N1CCC(CCOCCO)CC1. The average molecular weight is 422 g/mol. The molecule has 0 saturated carbocycles. The highest BCUT2D eigenvalue weighted by Gasteiger charge is 2.24. The van der Waals surface area contributed by atoms with Crippen LogP contribution in [-0.4, -0.2) is 69.8 Å². The highest BCUT2D eigenvalue weighted by molar-refractivity contribution is 7.79. The molecule has 1 aliphatic heterocycles. The predicted molar refractivity (Wildman–Crippen MR) is 101 cm³/mol. The molecule has 0 aliphatic carbocycles. The summed E-state index contributed by atoms with van der Waals surface area (Å²) in [5, 5.41) is 16.1. The number of aliphatic hydroxyl groups excluding tert-OH is 1. The number of halogens is 1. The van der Waals surface area contributed by atoms with Crippen molar-refractivity contribution in [1.29, 1.82) is 0 Å². The minimum Gasteiger partial charge on any atom is -0.768 e. The van der Waals surface area contributed by atoms with Crippen LogP contribution < -0.4 is 5.48 Å². The number of nitrogens with one attached hydrogen (secondary N) is 1. The molecule has 1 saturated heterocycles. The third kappa shape index (κ3) is 8.22. The summed E-state index contributed by atoms with van der Waals surface area (Å²) in [6.45, 7) is 2.29. The molecule has 2 rings (SSSR count). The monoisotopic (exact) mass is 421 g/mol. The minimum atomic E-state index is -2.47. The Morgan fingerprint density at radius 2 is 2.04 bits per heavy atom. The van der Waals surface area contributed by atoms with Gasteiger partial charge in [-0.25, -0.2) is 5.48 Å². The van der Waals surface area contributed by atoms with Crippen molar-refractivity contribution < 1.29 is 28.6 Å². The van der Waals surface area contributed by atoms with Crippen molar-refractivity contribution in [3.05, 3.63) is 28.8 Å². The summed E-state index contributed by atoms with van der Waals surface area (Å²) in [5.74, 6) is 0.330. The molecule has 3 N–H and O–H groups in total. The third-order valence-electron chi connectivity index (χ3n) is 4.17. The molecule has 1 atom stereocenters. The minimum absolute atomic E-state index is 0.0319. The van der Waals surface area contributed by atoms with Gasteiger partial charge in [0.25, 0.3) is 5.91 Å². The summed E-state index contributed by atoms with van der Waals surface area (Å²) < 4.78 is 27.5. The van der Waals surface area contributed by atoms with Crippen LogP contribution in [0.1, 0.15) is 29.6 Å². The van der Waals surface area contributed by atoms with E-state index in [1.807, 2.05) is 0 Å². The summed E-state index contributed by atoms with van der Waals surface area (Å²) in [7, 11) is 1.43. The number of aliphatic hydroxyl groups is 1. The summed E-state index contributed by atoms with van der Waals surface area (Å²) in [6, 6.07) is 4.31. The number of hydroxylamine groups is 1. The quantitative estimate of drug-likeness (QED) is 0.345. The first-order chi connectivity index (χ1) is 12.9. The van der Waals surface area contributed by atoms with E-state index in [9.17, 15) is 13.6 Å². The fraction of sp³-hybridized carbons (Fsp3) is 0.588. The lowest BCUT2D eigenvalue weighted by Crippen LogP contribution is -2.38. The third-order valence-corrected chi connectivity index (χ3v) is 5.30. The molecule has 0 spiro atoms. The fourth-order valence-corrected chi connectivity index (χ4v) is 3.55. The van der Waals surface area contributed by atoms with E-state index in [0.29, 0.717) is 37.8 Å². The zero-order valence-electron chi connectivity index (χ0n) is 15.2. The Labute approximate surface area is 166 Å². The van der Waals surface area contributed by atoms with Gasteiger partial charge in [0.05, 0.1) is 18.2 Å². The van der Waals surface area contributed by atoms with Crippen molar-refractivity contribution in [2.45, 2.75) is 24.2 Å². The number of carbonyl (C=O) groups is 1. The fourth-order valence-electron chi connectivity index (χ4n) is 2.79. The standard InChI is InChI=1S/C16H22ClNO5S.CH5NO/c17-14-2-1-13(11-15(14)24(21)22)16(20)18-6-3-12(4-7-18)5-9-23-10-8-19;1-2-3/h1-2,11-12,19H,3-10H2,(H,21,22);2-3H,1H3/p-1. The van der Waals surface area contributed by atoms with Crippen molar-refractivity contribution in [3.63, 3.8) is 0 Å². The maximum absolute atomic E-state index is 12.5. The molecule has 1 aliphatic rings. The van der Waals surface area contributed by atoms with Crippen LogP contribution in [0, 0.1) is 5.92 Å². The Morgan fingerprint density at radius 1 is 1.41 bits per heavy atom. The van der Waals surface area contributed by atoms with E-state index in [-0.39, 0.29) is 22.4 Å². The van der Waals surface area contributed by atoms with E-state index in [1.165, 1.54) is 19.2 Å². The van der Waals surface area contributed by atoms with E-state index in [0.717, 1.165) is 19.3 Å². The zero-order valence-corrected chi connectivity index (χ0v) is 16.8. The summed E-state index contributed by atoms with van der Waals surface area (Å²) in [6.07, 6.45) is 2.70. The van der Waals surface area contributed by atoms with Gasteiger partial charge in [-0.3, -0.25) is 9.00 Å². The Hall–Kier alpha value is -1.07. The van der Waals surface area contributed by atoms with Gasteiger partial charge in [-0.1, -0.05) is 11.6 Å². The van der Waals surface area contributed by atoms with Gasteiger partial charge in [-0.05, 0) is 54.5 Å². The second-order valence-electron chi connectivity index (χ2n) is 5.96. The van der Waals surface area contributed by atoms with Crippen molar-refractivity contribution >= 4 is 28.6 Å². The van der Waals surface area contributed by atoms with Crippen molar-refractivity contribution in [2.24, 2.45) is 5.92 Å². The Kier molecular flexibility index (Phi) is 11.7. The molecule has 1 aromatic rings. The van der Waals surface area contributed by atoms with Gasteiger partial charge in [0.1, 0.15) is 0 Å². The number of ether oxygens (including phenoxy) is 1. The molecule has 154 valence electrons. The second-order valence-corrected chi connectivity index (χ2v) is 7.28. The number of amides is 1. The Bertz CT molecular complexity index is 611. The molecule has 10 heteroatoms. The number of piperidine rings is 1.